The van der Waals surface area contributed by atoms with Gasteiger partial charge in [0.15, 0.2) is 5.06 Å². The molecule has 1 N–H and O–H groups in total. The lowest BCUT2D eigenvalue weighted by Gasteiger charge is -1.92. The van der Waals surface area contributed by atoms with E-state index in [4.69, 9.17) is 9.68 Å². The van der Waals surface area contributed by atoms with Crippen LogP contribution < -0.4 is 4.65 Å². The summed E-state index contributed by atoms with van der Waals surface area (Å²) in [6, 6.07) is 7.89. The highest BCUT2D eigenvalue weighted by molar-refractivity contribution is 7.22. The van der Waals surface area contributed by atoms with Gasteiger partial charge in [0.2, 0.25) is 0 Å². The van der Waals surface area contributed by atoms with Crippen LogP contribution in [0.5, 0.6) is 5.06 Å². The number of hydrogen-bond acceptors (Lipinski definition) is 4. The first kappa shape index (κ1) is 8.81. The van der Waals surface area contributed by atoms with Crippen molar-refractivity contribution in [2.75, 3.05) is 0 Å². The van der Waals surface area contributed by atoms with Crippen LogP contribution in [-0.2, 0) is 0 Å². The highest BCUT2D eigenvalue weighted by atomic mass is 32.1. The Hall–Kier alpha value is -0.775. The maximum Gasteiger partial charge on any atom is 0.569 e. The summed E-state index contributed by atoms with van der Waals surface area (Å²) in [6.07, 6.45) is 0. The van der Waals surface area contributed by atoms with Crippen molar-refractivity contribution < 1.29 is 9.68 Å². The Labute approximate surface area is 84.7 Å². The maximum atomic E-state index is 8.42. The lowest BCUT2D eigenvalue weighted by Crippen LogP contribution is -1.97. The molecule has 2 nitrogen and oxygen atoms in total. The van der Waals surface area contributed by atoms with E-state index in [0.717, 1.165) is 4.88 Å². The molecule has 65 valence electrons. The third-order valence-electron chi connectivity index (χ3n) is 1.51. The Morgan fingerprint density at radius 1 is 1.23 bits per heavy atom. The summed E-state index contributed by atoms with van der Waals surface area (Å²) >= 11 is 3.20. The van der Waals surface area contributed by atoms with Crippen molar-refractivity contribution in [1.29, 1.82) is 0 Å². The molecule has 0 saturated heterocycles. The van der Waals surface area contributed by atoms with E-state index in [-0.39, 0.29) is 0 Å². The van der Waals surface area contributed by atoms with Crippen LogP contribution in [-0.4, -0.2) is 12.7 Å². The molecule has 0 aliphatic rings. The van der Waals surface area contributed by atoms with Gasteiger partial charge in [-0.2, -0.15) is 0 Å². The Balaban J connectivity index is 2.23. The van der Waals surface area contributed by atoms with Crippen molar-refractivity contribution in [3.8, 4) is 14.8 Å². The van der Waals surface area contributed by atoms with Gasteiger partial charge in [-0.05, 0) is 23.6 Å². The zero-order valence-corrected chi connectivity index (χ0v) is 8.27. The molecule has 2 aromatic heterocycles. The fraction of sp³-hybridized carbons (Fsp3) is 0. The molecule has 2 rings (SSSR count). The summed E-state index contributed by atoms with van der Waals surface area (Å²) in [5.74, 6) is 0. The molecular formula is C8H6BO2S2. The SMILES string of the molecule is O[B]Oc1ccc(-c2cccs2)s1. The van der Waals surface area contributed by atoms with Crippen LogP contribution in [0.15, 0.2) is 29.6 Å². The van der Waals surface area contributed by atoms with E-state index in [1.54, 1.807) is 11.3 Å². The first-order valence-corrected chi connectivity index (χ1v) is 5.36. The largest absolute Gasteiger partial charge is 0.569 e. The average Bonchev–Trinajstić information content (AvgIpc) is 2.70. The molecule has 0 aromatic carbocycles. The Morgan fingerprint density at radius 2 is 2.15 bits per heavy atom. The quantitative estimate of drug-likeness (QED) is 0.786. The van der Waals surface area contributed by atoms with Crippen molar-refractivity contribution in [3.05, 3.63) is 29.6 Å². The summed E-state index contributed by atoms with van der Waals surface area (Å²) in [6.45, 7) is 0. The molecule has 0 amide bonds. The van der Waals surface area contributed by atoms with Crippen LogP contribution in [0, 0.1) is 0 Å². The van der Waals surface area contributed by atoms with Crippen LogP contribution in [0.4, 0.5) is 0 Å². The van der Waals surface area contributed by atoms with Crippen molar-refractivity contribution in [2.45, 2.75) is 0 Å². The first-order chi connectivity index (χ1) is 6.40. The molecule has 5 heteroatoms. The van der Waals surface area contributed by atoms with E-state index >= 15 is 0 Å². The fourth-order valence-corrected chi connectivity index (χ4v) is 2.65. The maximum absolute atomic E-state index is 8.42. The van der Waals surface area contributed by atoms with Gasteiger partial charge in [-0.15, -0.1) is 11.3 Å². The van der Waals surface area contributed by atoms with E-state index in [0.29, 0.717) is 12.7 Å². The highest BCUT2D eigenvalue weighted by Gasteiger charge is 2.03. The van der Waals surface area contributed by atoms with E-state index in [1.807, 2.05) is 23.6 Å². The summed E-state index contributed by atoms with van der Waals surface area (Å²) in [5.41, 5.74) is 0. The Bertz CT molecular complexity index is 369. The molecule has 1 radical (unpaired) electrons. The normalized spacial score (nSPS) is 9.92. The summed E-state index contributed by atoms with van der Waals surface area (Å²) in [4.78, 5) is 2.38. The third kappa shape index (κ3) is 1.93. The Morgan fingerprint density at radius 3 is 2.85 bits per heavy atom. The summed E-state index contributed by atoms with van der Waals surface area (Å²) in [5, 5.41) is 11.2. The number of thiophene rings is 2. The van der Waals surface area contributed by atoms with Gasteiger partial charge >= 0.3 is 7.69 Å². The van der Waals surface area contributed by atoms with Gasteiger partial charge in [0, 0.05) is 9.75 Å². The summed E-state index contributed by atoms with van der Waals surface area (Å²) < 4.78 is 4.84. The molecule has 0 fully saturated rings. The standard InChI is InChI=1S/C8H6BO2S2/c10-9-11-8-4-3-7(13-8)6-2-1-5-12-6/h1-5,10H. The zero-order chi connectivity index (χ0) is 9.10. The molecule has 0 aliphatic heterocycles. The lowest BCUT2D eigenvalue weighted by molar-refractivity contribution is 0.461. The molecule has 2 heterocycles. The topological polar surface area (TPSA) is 29.5 Å². The molecule has 0 aliphatic carbocycles. The van der Waals surface area contributed by atoms with Crippen LogP contribution in [0.2, 0.25) is 0 Å². The average molecular weight is 209 g/mol. The van der Waals surface area contributed by atoms with E-state index < -0.39 is 0 Å². The van der Waals surface area contributed by atoms with Crippen LogP contribution in [0.25, 0.3) is 9.75 Å². The van der Waals surface area contributed by atoms with E-state index in [1.165, 1.54) is 16.2 Å². The first-order valence-electron chi connectivity index (χ1n) is 3.66. The van der Waals surface area contributed by atoms with Crippen molar-refractivity contribution >= 4 is 30.4 Å². The molecular weight excluding hydrogens is 203 g/mol. The lowest BCUT2D eigenvalue weighted by atomic mass is 10.4. The second kappa shape index (κ2) is 3.96. The van der Waals surface area contributed by atoms with Crippen LogP contribution in [0.3, 0.4) is 0 Å². The molecule has 0 atom stereocenters. The second-order valence-electron chi connectivity index (χ2n) is 2.32. The van der Waals surface area contributed by atoms with Gasteiger partial charge in [-0.25, -0.2) is 0 Å². The molecule has 2 aromatic rings. The smallest absolute Gasteiger partial charge is 0.530 e. The molecule has 0 spiro atoms. The monoisotopic (exact) mass is 209 g/mol. The molecule has 0 saturated carbocycles. The third-order valence-corrected chi connectivity index (χ3v) is 3.56. The second-order valence-corrected chi connectivity index (χ2v) is 4.31. The fourth-order valence-electron chi connectivity index (χ4n) is 0.987. The highest BCUT2D eigenvalue weighted by Crippen LogP contribution is 2.34. The minimum atomic E-state index is 0.698. The molecule has 13 heavy (non-hydrogen) atoms. The van der Waals surface area contributed by atoms with Gasteiger partial charge in [0.25, 0.3) is 0 Å². The van der Waals surface area contributed by atoms with E-state index in [2.05, 4.69) is 6.07 Å². The van der Waals surface area contributed by atoms with Crippen LogP contribution in [0.1, 0.15) is 0 Å². The predicted molar refractivity (Wildman–Crippen MR) is 56.2 cm³/mol. The minimum absolute atomic E-state index is 0.698. The molecule has 0 bridgehead atoms. The van der Waals surface area contributed by atoms with Crippen molar-refractivity contribution in [3.63, 3.8) is 0 Å². The van der Waals surface area contributed by atoms with Gasteiger partial charge in [0.05, 0.1) is 0 Å². The predicted octanol–water partition coefficient (Wildman–Crippen LogP) is 2.38. The minimum Gasteiger partial charge on any atom is -0.530 e. The van der Waals surface area contributed by atoms with Gasteiger partial charge in [-0.1, -0.05) is 17.4 Å². The van der Waals surface area contributed by atoms with Gasteiger partial charge in [-0.3, -0.25) is 0 Å². The van der Waals surface area contributed by atoms with Crippen LogP contribution >= 0.6 is 22.7 Å². The van der Waals surface area contributed by atoms with Crippen molar-refractivity contribution in [1.82, 2.24) is 0 Å². The number of rotatable bonds is 3. The van der Waals surface area contributed by atoms with Gasteiger partial charge in [0.1, 0.15) is 0 Å². The molecule has 0 unspecified atom stereocenters. The van der Waals surface area contributed by atoms with Crippen molar-refractivity contribution in [2.24, 2.45) is 0 Å². The number of hydrogen-bond donors (Lipinski definition) is 1. The zero-order valence-electron chi connectivity index (χ0n) is 6.64. The summed E-state index contributed by atoms with van der Waals surface area (Å²) in [7, 11) is 0.698. The Kier molecular flexibility index (Phi) is 2.68. The van der Waals surface area contributed by atoms with E-state index in [9.17, 15) is 0 Å². The van der Waals surface area contributed by atoms with Gasteiger partial charge < -0.3 is 9.68 Å².